The molecule has 198 valence electrons. The molecule has 0 unspecified atom stereocenters. The highest BCUT2D eigenvalue weighted by atomic mass is 35.5. The number of aryl methyl sites for hydroxylation is 1. The number of benzene rings is 2. The number of anilines is 2. The Morgan fingerprint density at radius 3 is 2.64 bits per heavy atom. The van der Waals surface area contributed by atoms with E-state index in [9.17, 15) is 19.1 Å². The number of hydrogen-bond acceptors (Lipinski definition) is 7. The number of carbonyl (C=O) groups excluding carboxylic acids is 2. The van der Waals surface area contributed by atoms with E-state index in [1.807, 2.05) is 0 Å². The third-order valence-electron chi connectivity index (χ3n) is 5.75. The molecule has 39 heavy (non-hydrogen) atoms. The number of nitrogens with one attached hydrogen (secondary N) is 2. The molecule has 0 fully saturated rings. The second-order valence-electron chi connectivity index (χ2n) is 8.38. The van der Waals surface area contributed by atoms with Gasteiger partial charge in [-0.25, -0.2) is 9.07 Å². The standard InChI is InChI=1S/C27H21ClFN5O5/c1-15-18(7-11-38-15)22-14-25(34(33-22)9-10-35)32-27(37)26(36)31-17-3-5-24(20(29)13-17)39-23-6-8-30-21-12-16(28)2-4-19(21)23/h2-8,11-14,35H,9-10H2,1H3,(H,31,36)(H,32,37). The van der Waals surface area contributed by atoms with Crippen LogP contribution in [0.2, 0.25) is 5.02 Å². The van der Waals surface area contributed by atoms with Gasteiger partial charge in [-0.05, 0) is 49.4 Å². The van der Waals surface area contributed by atoms with Gasteiger partial charge in [-0.15, -0.1) is 0 Å². The Kier molecular flexibility index (Phi) is 7.26. The monoisotopic (exact) mass is 549 g/mol. The summed E-state index contributed by atoms with van der Waals surface area (Å²) in [5, 5.41) is 19.7. The van der Waals surface area contributed by atoms with Crippen LogP contribution < -0.4 is 15.4 Å². The van der Waals surface area contributed by atoms with E-state index in [0.29, 0.717) is 38.7 Å². The van der Waals surface area contributed by atoms with Gasteiger partial charge >= 0.3 is 11.8 Å². The fraction of sp³-hybridized carbons (Fsp3) is 0.111. The van der Waals surface area contributed by atoms with Crippen LogP contribution >= 0.6 is 11.6 Å². The maximum absolute atomic E-state index is 14.8. The molecule has 0 saturated heterocycles. The Hall–Kier alpha value is -4.74. The van der Waals surface area contributed by atoms with Gasteiger partial charge in [0.2, 0.25) is 0 Å². The summed E-state index contributed by atoms with van der Waals surface area (Å²) >= 11 is 6.01. The number of pyridine rings is 1. The molecule has 3 aromatic heterocycles. The SMILES string of the molecule is Cc1occc1-c1cc(NC(=O)C(=O)Nc2ccc(Oc3ccnc4cc(Cl)ccc34)c(F)c2)n(CCO)n1. The van der Waals surface area contributed by atoms with Crippen LogP contribution in [0.15, 0.2) is 71.5 Å². The highest BCUT2D eigenvalue weighted by Gasteiger charge is 2.20. The molecular weight excluding hydrogens is 529 g/mol. The third-order valence-corrected chi connectivity index (χ3v) is 5.98. The van der Waals surface area contributed by atoms with Crippen LogP contribution in [0.1, 0.15) is 5.76 Å². The van der Waals surface area contributed by atoms with Gasteiger partial charge in [0.25, 0.3) is 0 Å². The average molecular weight is 550 g/mol. The van der Waals surface area contributed by atoms with Gasteiger partial charge in [-0.1, -0.05) is 11.6 Å². The van der Waals surface area contributed by atoms with Crippen LogP contribution in [0.4, 0.5) is 15.9 Å². The summed E-state index contributed by atoms with van der Waals surface area (Å²) in [7, 11) is 0. The van der Waals surface area contributed by atoms with E-state index in [2.05, 4.69) is 20.7 Å². The van der Waals surface area contributed by atoms with Gasteiger partial charge in [0.15, 0.2) is 11.6 Å². The number of rotatable bonds is 7. The summed E-state index contributed by atoms with van der Waals surface area (Å²) in [6.45, 7) is 1.61. The number of furan rings is 1. The summed E-state index contributed by atoms with van der Waals surface area (Å²) in [6, 6.07) is 13.7. The van der Waals surface area contributed by atoms with Crippen LogP contribution in [0.3, 0.4) is 0 Å². The summed E-state index contributed by atoms with van der Waals surface area (Å²) in [6.07, 6.45) is 3.02. The molecule has 5 rings (SSSR count). The number of fused-ring (bicyclic) bond motifs is 1. The fourth-order valence-electron chi connectivity index (χ4n) is 3.89. The lowest BCUT2D eigenvalue weighted by atomic mass is 10.2. The fourth-order valence-corrected chi connectivity index (χ4v) is 4.06. The van der Waals surface area contributed by atoms with Gasteiger partial charge in [-0.3, -0.25) is 14.6 Å². The number of ether oxygens (including phenoxy) is 1. The molecule has 10 nitrogen and oxygen atoms in total. The number of carbonyl (C=O) groups is 2. The Bertz CT molecular complexity index is 1700. The molecule has 3 N–H and O–H groups in total. The number of hydrogen-bond donors (Lipinski definition) is 3. The highest BCUT2D eigenvalue weighted by molar-refractivity contribution is 6.43. The van der Waals surface area contributed by atoms with E-state index in [1.165, 1.54) is 29.3 Å². The van der Waals surface area contributed by atoms with E-state index >= 15 is 0 Å². The normalized spacial score (nSPS) is 11.0. The molecule has 0 spiro atoms. The quantitative estimate of drug-likeness (QED) is 0.239. The molecule has 2 aromatic carbocycles. The van der Waals surface area contributed by atoms with Crippen LogP contribution in [0.5, 0.6) is 11.5 Å². The summed E-state index contributed by atoms with van der Waals surface area (Å²) in [5.41, 5.74) is 1.83. The minimum atomic E-state index is -1.03. The highest BCUT2D eigenvalue weighted by Crippen LogP contribution is 2.32. The summed E-state index contributed by atoms with van der Waals surface area (Å²) in [4.78, 5) is 29.4. The zero-order valence-corrected chi connectivity index (χ0v) is 21.2. The van der Waals surface area contributed by atoms with Gasteiger partial charge < -0.3 is 24.9 Å². The van der Waals surface area contributed by atoms with Crippen LogP contribution in [-0.2, 0) is 16.1 Å². The first-order valence-electron chi connectivity index (χ1n) is 11.7. The number of aliphatic hydroxyl groups excluding tert-OH is 1. The molecule has 0 aliphatic rings. The number of aliphatic hydroxyl groups is 1. The molecule has 0 aliphatic carbocycles. The maximum Gasteiger partial charge on any atom is 0.315 e. The molecule has 0 atom stereocenters. The van der Waals surface area contributed by atoms with Crippen molar-refractivity contribution >= 4 is 45.8 Å². The first kappa shape index (κ1) is 25.9. The van der Waals surface area contributed by atoms with Gasteiger partial charge in [0.05, 0.1) is 30.6 Å². The van der Waals surface area contributed by atoms with Crippen molar-refractivity contribution in [3.63, 3.8) is 0 Å². The summed E-state index contributed by atoms with van der Waals surface area (Å²) in [5.74, 6) is -1.69. The van der Waals surface area contributed by atoms with Gasteiger partial charge in [0.1, 0.15) is 17.3 Å². The van der Waals surface area contributed by atoms with Crippen molar-refractivity contribution in [3.8, 4) is 22.8 Å². The van der Waals surface area contributed by atoms with E-state index in [4.69, 9.17) is 20.8 Å². The Balaban J connectivity index is 1.28. The second-order valence-corrected chi connectivity index (χ2v) is 8.81. The molecule has 5 aromatic rings. The molecule has 0 radical (unpaired) electrons. The average Bonchev–Trinajstić information content (AvgIpc) is 3.51. The second kappa shape index (κ2) is 10.9. The molecular formula is C27H21ClFN5O5. The van der Waals surface area contributed by atoms with E-state index < -0.39 is 17.6 Å². The van der Waals surface area contributed by atoms with E-state index in [0.717, 1.165) is 6.07 Å². The first-order valence-corrected chi connectivity index (χ1v) is 12.1. The van der Waals surface area contributed by atoms with Crippen molar-refractivity contribution in [3.05, 3.63) is 83.7 Å². The van der Waals surface area contributed by atoms with Crippen LogP contribution in [0, 0.1) is 12.7 Å². The predicted octanol–water partition coefficient (Wildman–Crippen LogP) is 5.15. The number of amides is 2. The van der Waals surface area contributed by atoms with Crippen molar-refractivity contribution in [1.29, 1.82) is 0 Å². The predicted molar refractivity (Wildman–Crippen MR) is 142 cm³/mol. The van der Waals surface area contributed by atoms with E-state index in [-0.39, 0.29) is 30.4 Å². The molecule has 0 aliphatic heterocycles. The Morgan fingerprint density at radius 1 is 1.08 bits per heavy atom. The minimum Gasteiger partial charge on any atom is -0.469 e. The molecule has 2 amide bonds. The largest absolute Gasteiger partial charge is 0.469 e. The molecule has 3 heterocycles. The zero-order valence-electron chi connectivity index (χ0n) is 20.4. The molecule has 0 saturated carbocycles. The van der Waals surface area contributed by atoms with Crippen LogP contribution in [-0.4, -0.2) is 38.3 Å². The maximum atomic E-state index is 14.8. The Morgan fingerprint density at radius 2 is 1.90 bits per heavy atom. The number of halogens is 2. The van der Waals surface area contributed by atoms with Crippen molar-refractivity contribution in [2.75, 3.05) is 17.2 Å². The lowest BCUT2D eigenvalue weighted by Gasteiger charge is -2.11. The third kappa shape index (κ3) is 5.59. The Labute approximate surface area is 226 Å². The lowest BCUT2D eigenvalue weighted by molar-refractivity contribution is -0.133. The van der Waals surface area contributed by atoms with Crippen molar-refractivity contribution in [2.24, 2.45) is 0 Å². The van der Waals surface area contributed by atoms with E-state index in [1.54, 1.807) is 43.3 Å². The van der Waals surface area contributed by atoms with Crippen molar-refractivity contribution < 1.29 is 28.2 Å². The topological polar surface area (TPSA) is 132 Å². The smallest absolute Gasteiger partial charge is 0.315 e. The number of nitrogens with zero attached hydrogens (tertiary/aromatic N) is 3. The van der Waals surface area contributed by atoms with Gasteiger partial charge in [-0.2, -0.15) is 5.10 Å². The van der Waals surface area contributed by atoms with Crippen molar-refractivity contribution in [2.45, 2.75) is 13.5 Å². The van der Waals surface area contributed by atoms with Gasteiger partial charge in [0, 0.05) is 40.0 Å². The first-order chi connectivity index (χ1) is 18.8. The zero-order chi connectivity index (χ0) is 27.5. The van der Waals surface area contributed by atoms with Crippen molar-refractivity contribution in [1.82, 2.24) is 14.8 Å². The minimum absolute atomic E-state index is 0.0462. The molecule has 0 bridgehead atoms. The molecule has 12 heteroatoms. The van der Waals surface area contributed by atoms with Crippen LogP contribution in [0.25, 0.3) is 22.2 Å². The summed E-state index contributed by atoms with van der Waals surface area (Å²) < 4.78 is 27.2. The number of aromatic nitrogens is 3. The lowest BCUT2D eigenvalue weighted by Crippen LogP contribution is -2.30.